The highest BCUT2D eigenvalue weighted by molar-refractivity contribution is 9.08. The molecule has 0 aliphatic carbocycles. The lowest BCUT2D eigenvalue weighted by Crippen LogP contribution is -2.13. The number of aromatic hydroxyl groups is 1. The minimum atomic E-state index is -0.201. The Morgan fingerprint density at radius 2 is 1.52 bits per heavy atom. The molecule has 4 rings (SSSR count). The van der Waals surface area contributed by atoms with E-state index in [4.69, 9.17) is 4.98 Å². The van der Waals surface area contributed by atoms with E-state index in [1.54, 1.807) is 0 Å². The van der Waals surface area contributed by atoms with Crippen molar-refractivity contribution in [3.05, 3.63) is 71.4 Å². The van der Waals surface area contributed by atoms with Crippen LogP contribution in [0.4, 0.5) is 0 Å². The van der Waals surface area contributed by atoms with Gasteiger partial charge >= 0.3 is 0 Å². The van der Waals surface area contributed by atoms with Crippen molar-refractivity contribution in [1.82, 2.24) is 4.98 Å². The van der Waals surface area contributed by atoms with Gasteiger partial charge in [0, 0.05) is 16.3 Å². The molecule has 0 amide bonds. The van der Waals surface area contributed by atoms with Crippen molar-refractivity contribution < 1.29 is 5.11 Å². The molecule has 2 nitrogen and oxygen atoms in total. The van der Waals surface area contributed by atoms with Gasteiger partial charge < -0.3 is 5.11 Å². The van der Waals surface area contributed by atoms with Gasteiger partial charge in [-0.1, -0.05) is 99.9 Å². The van der Waals surface area contributed by atoms with Crippen LogP contribution in [0, 0.1) is 0 Å². The van der Waals surface area contributed by atoms with E-state index in [9.17, 15) is 5.11 Å². The highest BCUT2D eigenvalue weighted by atomic mass is 79.9. The summed E-state index contributed by atoms with van der Waals surface area (Å²) in [6.07, 6.45) is 0. The lowest BCUT2D eigenvalue weighted by molar-refractivity contribution is 0.449. The molecule has 0 spiro atoms. The lowest BCUT2D eigenvalue weighted by atomic mass is 9.80. The van der Waals surface area contributed by atoms with Crippen molar-refractivity contribution in [3.8, 4) is 17.0 Å². The van der Waals surface area contributed by atoms with Gasteiger partial charge in [0.1, 0.15) is 5.75 Å². The van der Waals surface area contributed by atoms with Crippen molar-refractivity contribution in [2.45, 2.75) is 57.7 Å². The predicted molar refractivity (Wildman–Crippen MR) is 136 cm³/mol. The van der Waals surface area contributed by atoms with Crippen molar-refractivity contribution >= 4 is 37.5 Å². The Kier molecular flexibility index (Phi) is 5.37. The van der Waals surface area contributed by atoms with Gasteiger partial charge in [-0.25, -0.2) is 0 Å². The first-order valence-electron chi connectivity index (χ1n) is 10.8. The number of aromatic nitrogens is 1. The van der Waals surface area contributed by atoms with Crippen LogP contribution in [0.1, 0.15) is 58.4 Å². The fraction of sp³-hybridized carbons (Fsp3) is 0.321. The van der Waals surface area contributed by atoms with Crippen LogP contribution in [-0.2, 0) is 16.2 Å². The van der Waals surface area contributed by atoms with Crippen molar-refractivity contribution in [2.75, 3.05) is 0 Å². The van der Waals surface area contributed by atoms with E-state index in [1.807, 2.05) is 12.1 Å². The van der Waals surface area contributed by atoms with Crippen LogP contribution in [0.5, 0.6) is 5.75 Å². The number of pyridine rings is 1. The average molecular weight is 476 g/mol. The Hall–Kier alpha value is -2.39. The predicted octanol–water partition coefficient (Wildman–Crippen LogP) is 8.25. The van der Waals surface area contributed by atoms with Gasteiger partial charge in [0.25, 0.3) is 0 Å². The number of hydrogen-bond acceptors (Lipinski definition) is 2. The number of phenols is 1. The smallest absolute Gasteiger partial charge is 0.129 e. The first-order chi connectivity index (χ1) is 14.5. The topological polar surface area (TPSA) is 33.1 Å². The van der Waals surface area contributed by atoms with E-state index >= 15 is 0 Å². The molecule has 0 unspecified atom stereocenters. The summed E-state index contributed by atoms with van der Waals surface area (Å²) in [4.78, 5) is 4.99. The van der Waals surface area contributed by atoms with Gasteiger partial charge in [0.2, 0.25) is 0 Å². The number of rotatable bonds is 2. The van der Waals surface area contributed by atoms with Crippen LogP contribution in [0.15, 0.2) is 54.6 Å². The van der Waals surface area contributed by atoms with E-state index in [0.717, 1.165) is 44.1 Å². The Morgan fingerprint density at radius 1 is 0.806 bits per heavy atom. The van der Waals surface area contributed by atoms with Gasteiger partial charge in [-0.3, -0.25) is 4.98 Å². The van der Waals surface area contributed by atoms with E-state index in [-0.39, 0.29) is 10.8 Å². The molecule has 4 aromatic rings. The number of phenolic OH excluding ortho intramolecular Hbond substituents is 1. The molecule has 1 N–H and O–H groups in total. The third-order valence-corrected chi connectivity index (χ3v) is 6.53. The minimum Gasteiger partial charge on any atom is -0.507 e. The Balaban J connectivity index is 2.18. The van der Waals surface area contributed by atoms with Crippen LogP contribution >= 0.6 is 15.9 Å². The van der Waals surface area contributed by atoms with Gasteiger partial charge in [0.15, 0.2) is 0 Å². The maximum absolute atomic E-state index is 11.6. The highest BCUT2D eigenvalue weighted by Gasteiger charge is 2.25. The largest absolute Gasteiger partial charge is 0.507 e. The quantitative estimate of drug-likeness (QED) is 0.296. The Bertz CT molecular complexity index is 1290. The summed E-state index contributed by atoms with van der Waals surface area (Å²) in [6, 6.07) is 19.1. The highest BCUT2D eigenvalue weighted by Crippen LogP contribution is 2.45. The van der Waals surface area contributed by atoms with Crippen molar-refractivity contribution in [2.24, 2.45) is 0 Å². The third-order valence-electron chi connectivity index (χ3n) is 5.95. The van der Waals surface area contributed by atoms with Crippen LogP contribution in [-0.4, -0.2) is 10.1 Å². The summed E-state index contributed by atoms with van der Waals surface area (Å²) in [5, 5.41) is 16.6. The Morgan fingerprint density at radius 3 is 2.16 bits per heavy atom. The number of alkyl halides is 1. The van der Waals surface area contributed by atoms with Gasteiger partial charge in [-0.05, 0) is 44.7 Å². The van der Waals surface area contributed by atoms with Gasteiger partial charge in [-0.2, -0.15) is 0 Å². The molecule has 31 heavy (non-hydrogen) atoms. The molecule has 1 aromatic heterocycles. The zero-order chi connectivity index (χ0) is 22.6. The lowest BCUT2D eigenvalue weighted by Gasteiger charge is -2.25. The fourth-order valence-corrected chi connectivity index (χ4v) is 4.47. The zero-order valence-corrected chi connectivity index (χ0v) is 20.8. The first-order valence-corrected chi connectivity index (χ1v) is 11.9. The van der Waals surface area contributed by atoms with Crippen molar-refractivity contribution in [3.63, 3.8) is 0 Å². The van der Waals surface area contributed by atoms with E-state index < -0.39 is 0 Å². The molecular formula is C28H30BrNO. The second-order valence-corrected chi connectivity index (χ2v) is 11.0. The molecule has 3 aromatic carbocycles. The second kappa shape index (κ2) is 7.63. The molecule has 160 valence electrons. The van der Waals surface area contributed by atoms with Crippen LogP contribution in [0.3, 0.4) is 0 Å². The fourth-order valence-electron chi connectivity index (χ4n) is 4.19. The van der Waals surface area contributed by atoms with Crippen LogP contribution in [0.25, 0.3) is 32.8 Å². The first kappa shape index (κ1) is 21.8. The zero-order valence-electron chi connectivity index (χ0n) is 19.2. The van der Waals surface area contributed by atoms with Crippen LogP contribution in [0.2, 0.25) is 0 Å². The second-order valence-electron chi connectivity index (χ2n) is 10.4. The molecule has 0 aliphatic heterocycles. The summed E-state index contributed by atoms with van der Waals surface area (Å²) < 4.78 is 0. The molecule has 0 radical (unpaired) electrons. The molecule has 3 heteroatoms. The molecule has 0 saturated carbocycles. The molecular weight excluding hydrogens is 446 g/mol. The van der Waals surface area contributed by atoms with E-state index in [0.29, 0.717) is 11.1 Å². The van der Waals surface area contributed by atoms with Gasteiger partial charge in [0.05, 0.1) is 17.0 Å². The maximum Gasteiger partial charge on any atom is 0.129 e. The average Bonchev–Trinajstić information content (AvgIpc) is 2.70. The summed E-state index contributed by atoms with van der Waals surface area (Å²) in [6.45, 7) is 13.1. The number of nitrogens with zero attached hydrogens (tertiary/aromatic N) is 1. The van der Waals surface area contributed by atoms with Gasteiger partial charge in [-0.15, -0.1) is 0 Å². The minimum absolute atomic E-state index is 0.0506. The monoisotopic (exact) mass is 475 g/mol. The van der Waals surface area contributed by atoms with E-state index in [2.05, 4.69) is 99.9 Å². The molecule has 0 bridgehead atoms. The number of benzene rings is 3. The summed E-state index contributed by atoms with van der Waals surface area (Å²) in [5.74, 6) is 0.327. The Labute approximate surface area is 193 Å². The summed E-state index contributed by atoms with van der Waals surface area (Å²) >= 11 is 3.57. The molecule has 0 aliphatic rings. The summed E-state index contributed by atoms with van der Waals surface area (Å²) in [7, 11) is 0. The number of hydrogen-bond donors (Lipinski definition) is 1. The molecule has 0 atom stereocenters. The SMILES string of the molecule is CC(C)(C)c1ccc2c(-c3nc(CBr)cc4ccccc34)c(O)c(C(C)(C)C)cc2c1. The summed E-state index contributed by atoms with van der Waals surface area (Å²) in [5.41, 5.74) is 4.68. The molecule has 0 fully saturated rings. The van der Waals surface area contributed by atoms with Crippen LogP contribution < -0.4 is 0 Å². The maximum atomic E-state index is 11.6. The molecule has 0 saturated heterocycles. The standard InChI is InChI=1S/C28H30BrNO/c1-27(2,3)19-11-12-21-18(13-19)15-23(28(4,5)6)26(31)24(21)25-22-10-8-7-9-17(22)14-20(16-29)30-25/h7-15,31H,16H2,1-6H3. The number of halogens is 1. The third kappa shape index (κ3) is 3.96. The number of fused-ring (bicyclic) bond motifs is 2. The normalized spacial score (nSPS) is 12.6. The molecule has 1 heterocycles. The van der Waals surface area contributed by atoms with Crippen molar-refractivity contribution in [1.29, 1.82) is 0 Å². The van der Waals surface area contributed by atoms with E-state index in [1.165, 1.54) is 5.56 Å².